The number of hydrogen-bond acceptors (Lipinski definition) is 3. The molecule has 1 saturated heterocycles. The smallest absolute Gasteiger partial charge is 0.255 e. The van der Waals surface area contributed by atoms with Crippen LogP contribution in [0, 0.1) is 0 Å². The van der Waals surface area contributed by atoms with Crippen LogP contribution in [0.2, 0.25) is 0 Å². The normalized spacial score (nSPS) is 15.3. The van der Waals surface area contributed by atoms with E-state index in [0.717, 1.165) is 48.6 Å². The fourth-order valence-electron chi connectivity index (χ4n) is 2.96. The predicted molar refractivity (Wildman–Crippen MR) is 103 cm³/mol. The highest BCUT2D eigenvalue weighted by molar-refractivity contribution is 9.10. The highest BCUT2D eigenvalue weighted by atomic mass is 79.9. The second kappa shape index (κ2) is 7.81. The molecule has 0 aliphatic carbocycles. The Morgan fingerprint density at radius 3 is 2.38 bits per heavy atom. The number of benzene rings is 2. The molecule has 5 heteroatoms. The number of likely N-dealkylation sites (N-methyl/N-ethyl adjacent to an activating group) is 1. The lowest BCUT2D eigenvalue weighted by Crippen LogP contribution is -2.46. The molecule has 0 spiro atoms. The Kier molecular flexibility index (Phi) is 5.53. The number of piperazine rings is 1. The summed E-state index contributed by atoms with van der Waals surface area (Å²) in [6, 6.07) is 15.4. The third-order valence-electron chi connectivity index (χ3n) is 4.42. The van der Waals surface area contributed by atoms with Gasteiger partial charge in [-0.15, -0.1) is 0 Å². The van der Waals surface area contributed by atoms with Crippen LogP contribution in [0.25, 0.3) is 0 Å². The lowest BCUT2D eigenvalue weighted by molar-refractivity contribution is 0.102. The molecule has 0 radical (unpaired) electrons. The Labute approximate surface area is 151 Å². The Hall–Kier alpha value is -1.85. The summed E-state index contributed by atoms with van der Waals surface area (Å²) in [4.78, 5) is 17.3. The molecule has 0 atom stereocenters. The van der Waals surface area contributed by atoms with Gasteiger partial charge in [0.1, 0.15) is 0 Å². The minimum atomic E-state index is -0.0813. The number of rotatable bonds is 4. The summed E-state index contributed by atoms with van der Waals surface area (Å²) >= 11 is 3.39. The molecule has 1 aliphatic heterocycles. The van der Waals surface area contributed by atoms with Crippen LogP contribution in [0.4, 0.5) is 11.4 Å². The standard InChI is InChI=1S/C19H22BrN3O/c1-2-22-11-13-23(14-12-22)18-6-4-3-5-17(18)21-19(24)15-7-9-16(20)10-8-15/h3-10H,2,11-14H2,1H3,(H,21,24). The van der Waals surface area contributed by atoms with Crippen LogP contribution < -0.4 is 10.2 Å². The summed E-state index contributed by atoms with van der Waals surface area (Å²) in [6.45, 7) is 7.38. The lowest BCUT2D eigenvalue weighted by atomic mass is 10.2. The second-order valence-corrected chi connectivity index (χ2v) is 6.82. The van der Waals surface area contributed by atoms with E-state index in [2.05, 4.69) is 44.0 Å². The van der Waals surface area contributed by atoms with Gasteiger partial charge < -0.3 is 15.1 Å². The van der Waals surface area contributed by atoms with Crippen molar-refractivity contribution >= 4 is 33.2 Å². The van der Waals surface area contributed by atoms with Crippen molar-refractivity contribution in [3.8, 4) is 0 Å². The molecule has 126 valence electrons. The lowest BCUT2D eigenvalue weighted by Gasteiger charge is -2.36. The first-order chi connectivity index (χ1) is 11.7. The minimum Gasteiger partial charge on any atom is -0.367 e. The fraction of sp³-hybridized carbons (Fsp3) is 0.316. The Morgan fingerprint density at radius 1 is 1.04 bits per heavy atom. The Morgan fingerprint density at radius 2 is 1.71 bits per heavy atom. The third kappa shape index (κ3) is 3.97. The monoisotopic (exact) mass is 387 g/mol. The fourth-order valence-corrected chi connectivity index (χ4v) is 3.22. The molecule has 4 nitrogen and oxygen atoms in total. The molecule has 1 N–H and O–H groups in total. The molecule has 2 aromatic carbocycles. The number of carbonyl (C=O) groups excluding carboxylic acids is 1. The molecule has 2 aromatic rings. The van der Waals surface area contributed by atoms with Crippen LogP contribution in [0.1, 0.15) is 17.3 Å². The quantitative estimate of drug-likeness (QED) is 0.865. The zero-order valence-corrected chi connectivity index (χ0v) is 15.4. The number of carbonyl (C=O) groups is 1. The van der Waals surface area contributed by atoms with Crippen LogP contribution >= 0.6 is 15.9 Å². The Balaban J connectivity index is 1.74. The van der Waals surface area contributed by atoms with Gasteiger partial charge in [-0.3, -0.25) is 4.79 Å². The minimum absolute atomic E-state index is 0.0813. The number of nitrogens with zero attached hydrogens (tertiary/aromatic N) is 2. The van der Waals surface area contributed by atoms with E-state index in [4.69, 9.17) is 0 Å². The summed E-state index contributed by atoms with van der Waals surface area (Å²) in [5.74, 6) is -0.0813. The van der Waals surface area contributed by atoms with Gasteiger partial charge in [0.2, 0.25) is 0 Å². The van der Waals surface area contributed by atoms with Crippen molar-refractivity contribution in [3.05, 3.63) is 58.6 Å². The molecule has 1 amide bonds. The summed E-state index contributed by atoms with van der Waals surface area (Å²) in [5, 5.41) is 3.06. The maximum absolute atomic E-state index is 12.5. The number of anilines is 2. The van der Waals surface area contributed by atoms with Crippen molar-refractivity contribution in [2.45, 2.75) is 6.92 Å². The maximum Gasteiger partial charge on any atom is 0.255 e. The molecule has 3 rings (SSSR count). The summed E-state index contributed by atoms with van der Waals surface area (Å²) in [6.07, 6.45) is 0. The van der Waals surface area contributed by atoms with Gasteiger partial charge in [0.25, 0.3) is 5.91 Å². The molecule has 1 heterocycles. The Bertz CT molecular complexity index is 694. The molecule has 1 aliphatic rings. The first-order valence-corrected chi connectivity index (χ1v) is 9.10. The summed E-state index contributed by atoms with van der Waals surface area (Å²) < 4.78 is 0.966. The van der Waals surface area contributed by atoms with Crippen molar-refractivity contribution in [3.63, 3.8) is 0 Å². The van der Waals surface area contributed by atoms with Crippen molar-refractivity contribution in [1.82, 2.24) is 4.90 Å². The van der Waals surface area contributed by atoms with Gasteiger partial charge in [-0.2, -0.15) is 0 Å². The van der Waals surface area contributed by atoms with E-state index >= 15 is 0 Å². The molecule has 0 bridgehead atoms. The van der Waals surface area contributed by atoms with E-state index in [0.29, 0.717) is 5.56 Å². The van der Waals surface area contributed by atoms with Gasteiger partial charge in [-0.25, -0.2) is 0 Å². The zero-order valence-electron chi connectivity index (χ0n) is 13.8. The summed E-state index contributed by atoms with van der Waals surface area (Å²) in [5.41, 5.74) is 2.62. The van der Waals surface area contributed by atoms with Crippen molar-refractivity contribution < 1.29 is 4.79 Å². The average molecular weight is 388 g/mol. The SMILES string of the molecule is CCN1CCN(c2ccccc2NC(=O)c2ccc(Br)cc2)CC1. The number of amides is 1. The van der Waals surface area contributed by atoms with Crippen LogP contribution in [0.3, 0.4) is 0 Å². The number of hydrogen-bond donors (Lipinski definition) is 1. The van der Waals surface area contributed by atoms with Crippen molar-refractivity contribution in [2.24, 2.45) is 0 Å². The van der Waals surface area contributed by atoms with E-state index in [1.807, 2.05) is 42.5 Å². The molecule has 1 fully saturated rings. The topological polar surface area (TPSA) is 35.6 Å². The van der Waals surface area contributed by atoms with Crippen molar-refractivity contribution in [1.29, 1.82) is 0 Å². The molecule has 24 heavy (non-hydrogen) atoms. The highest BCUT2D eigenvalue weighted by Crippen LogP contribution is 2.27. The van der Waals surface area contributed by atoms with E-state index in [-0.39, 0.29) is 5.91 Å². The highest BCUT2D eigenvalue weighted by Gasteiger charge is 2.19. The average Bonchev–Trinajstić information content (AvgIpc) is 2.63. The van der Waals surface area contributed by atoms with Crippen LogP contribution in [-0.2, 0) is 0 Å². The zero-order chi connectivity index (χ0) is 16.9. The second-order valence-electron chi connectivity index (χ2n) is 5.90. The van der Waals surface area contributed by atoms with Gasteiger partial charge in [0.05, 0.1) is 11.4 Å². The first kappa shape index (κ1) is 17.0. The first-order valence-electron chi connectivity index (χ1n) is 8.30. The van der Waals surface area contributed by atoms with Gasteiger partial charge in [0.15, 0.2) is 0 Å². The molecular formula is C19H22BrN3O. The summed E-state index contributed by atoms with van der Waals surface area (Å²) in [7, 11) is 0. The van der Waals surface area contributed by atoms with Crippen LogP contribution in [0.5, 0.6) is 0 Å². The van der Waals surface area contributed by atoms with Crippen LogP contribution in [-0.4, -0.2) is 43.5 Å². The van der Waals surface area contributed by atoms with E-state index in [1.165, 1.54) is 0 Å². The van der Waals surface area contributed by atoms with Crippen molar-refractivity contribution in [2.75, 3.05) is 42.9 Å². The van der Waals surface area contributed by atoms with Gasteiger partial charge >= 0.3 is 0 Å². The molecule has 0 aromatic heterocycles. The van der Waals surface area contributed by atoms with E-state index < -0.39 is 0 Å². The predicted octanol–water partition coefficient (Wildman–Crippen LogP) is 3.84. The van der Waals surface area contributed by atoms with Crippen LogP contribution in [0.15, 0.2) is 53.0 Å². The largest absolute Gasteiger partial charge is 0.367 e. The molecule has 0 saturated carbocycles. The number of nitrogens with one attached hydrogen (secondary N) is 1. The van der Waals surface area contributed by atoms with Gasteiger partial charge in [-0.1, -0.05) is 35.0 Å². The third-order valence-corrected chi connectivity index (χ3v) is 4.95. The number of para-hydroxylation sites is 2. The van der Waals surface area contributed by atoms with Gasteiger partial charge in [0, 0.05) is 36.2 Å². The van der Waals surface area contributed by atoms with E-state index in [9.17, 15) is 4.79 Å². The maximum atomic E-state index is 12.5. The van der Waals surface area contributed by atoms with Gasteiger partial charge in [-0.05, 0) is 42.9 Å². The number of halogens is 1. The molecule has 0 unspecified atom stereocenters. The molecular weight excluding hydrogens is 366 g/mol. The van der Waals surface area contributed by atoms with E-state index in [1.54, 1.807) is 0 Å².